The van der Waals surface area contributed by atoms with Crippen molar-refractivity contribution >= 4 is 27.7 Å². The lowest BCUT2D eigenvalue weighted by atomic mass is 10.1. The molecule has 0 spiro atoms. The Morgan fingerprint density at radius 1 is 1.19 bits per heavy atom. The Kier molecular flexibility index (Phi) is 6.54. The van der Waals surface area contributed by atoms with E-state index in [4.69, 9.17) is 4.74 Å². The number of hydrogen-bond acceptors (Lipinski definition) is 4. The maximum absolute atomic E-state index is 12.1. The van der Waals surface area contributed by atoms with Gasteiger partial charge in [-0.05, 0) is 54.9 Å². The molecule has 0 aliphatic carbocycles. The number of methoxy groups -OCH3 is 1. The first kappa shape index (κ1) is 19.7. The summed E-state index contributed by atoms with van der Waals surface area (Å²) in [6.07, 6.45) is 3.79. The van der Waals surface area contributed by atoms with Crippen molar-refractivity contribution in [3.05, 3.63) is 59.7 Å². The van der Waals surface area contributed by atoms with Crippen molar-refractivity contribution < 1.29 is 17.9 Å². The Hall–Kier alpha value is -2.64. The number of amides is 1. The fraction of sp³-hybridized carbons (Fsp3) is 0.211. The second-order valence-electron chi connectivity index (χ2n) is 5.49. The van der Waals surface area contributed by atoms with Gasteiger partial charge < -0.3 is 10.1 Å². The predicted molar refractivity (Wildman–Crippen MR) is 103 cm³/mol. The highest BCUT2D eigenvalue weighted by Crippen LogP contribution is 2.25. The van der Waals surface area contributed by atoms with Gasteiger partial charge in [0.2, 0.25) is 15.9 Å². The summed E-state index contributed by atoms with van der Waals surface area (Å²) in [5, 5.41) is 2.78. The molecule has 2 N–H and O–H groups in total. The minimum Gasteiger partial charge on any atom is -0.495 e. The third-order valence-electron chi connectivity index (χ3n) is 3.78. The first-order valence-electron chi connectivity index (χ1n) is 8.09. The van der Waals surface area contributed by atoms with Crippen LogP contribution in [0.5, 0.6) is 5.75 Å². The fourth-order valence-electron chi connectivity index (χ4n) is 2.34. The van der Waals surface area contributed by atoms with E-state index >= 15 is 0 Å². The van der Waals surface area contributed by atoms with Gasteiger partial charge in [0.05, 0.1) is 7.11 Å². The molecule has 0 aliphatic heterocycles. The van der Waals surface area contributed by atoms with Gasteiger partial charge in [-0.25, -0.2) is 13.1 Å². The molecule has 26 heavy (non-hydrogen) atoms. The summed E-state index contributed by atoms with van der Waals surface area (Å²) in [5.41, 5.74) is 2.41. The summed E-state index contributed by atoms with van der Waals surface area (Å²) in [4.78, 5) is 12.1. The summed E-state index contributed by atoms with van der Waals surface area (Å²) in [5.74, 6) is -0.0653. The van der Waals surface area contributed by atoms with Crippen molar-refractivity contribution in [2.75, 3.05) is 19.5 Å². The van der Waals surface area contributed by atoms with Gasteiger partial charge in [0.15, 0.2) is 0 Å². The normalized spacial score (nSPS) is 11.5. The number of benzene rings is 2. The second kappa shape index (κ2) is 8.64. The molecule has 0 heterocycles. The molecule has 0 atom stereocenters. The summed E-state index contributed by atoms with van der Waals surface area (Å²) in [7, 11) is -0.939. The van der Waals surface area contributed by atoms with Gasteiger partial charge in [-0.1, -0.05) is 25.1 Å². The van der Waals surface area contributed by atoms with E-state index in [9.17, 15) is 13.2 Å². The molecule has 0 aliphatic rings. The third-order valence-corrected chi connectivity index (χ3v) is 5.21. The van der Waals surface area contributed by atoms with Crippen LogP contribution in [0.4, 0.5) is 5.69 Å². The number of nitrogens with one attached hydrogen (secondary N) is 2. The van der Waals surface area contributed by atoms with Gasteiger partial charge in [-0.3, -0.25) is 4.79 Å². The molecule has 0 unspecified atom stereocenters. The van der Waals surface area contributed by atoms with Crippen LogP contribution in [0.2, 0.25) is 0 Å². The number of carbonyl (C=O) groups excluding carboxylic acids is 1. The van der Waals surface area contributed by atoms with Crippen LogP contribution < -0.4 is 14.8 Å². The van der Waals surface area contributed by atoms with Crippen LogP contribution in [0.3, 0.4) is 0 Å². The average molecular weight is 374 g/mol. The topological polar surface area (TPSA) is 84.5 Å². The summed E-state index contributed by atoms with van der Waals surface area (Å²) in [6.45, 7) is 2.04. The molecule has 6 nitrogen and oxygen atoms in total. The average Bonchev–Trinajstić information content (AvgIpc) is 2.66. The Morgan fingerprint density at radius 3 is 2.62 bits per heavy atom. The van der Waals surface area contributed by atoms with E-state index in [1.54, 1.807) is 18.2 Å². The largest absolute Gasteiger partial charge is 0.495 e. The van der Waals surface area contributed by atoms with Gasteiger partial charge in [-0.15, -0.1) is 0 Å². The number of ether oxygens (including phenoxy) is 1. The summed E-state index contributed by atoms with van der Waals surface area (Å²) >= 11 is 0. The lowest BCUT2D eigenvalue weighted by Crippen LogP contribution is -2.19. The van der Waals surface area contributed by atoms with Gasteiger partial charge >= 0.3 is 0 Å². The van der Waals surface area contributed by atoms with E-state index in [2.05, 4.69) is 10.0 Å². The molecule has 0 radical (unpaired) electrons. The van der Waals surface area contributed by atoms with Crippen LogP contribution in [0, 0.1) is 0 Å². The van der Waals surface area contributed by atoms with Crippen molar-refractivity contribution in [3.63, 3.8) is 0 Å². The van der Waals surface area contributed by atoms with E-state index < -0.39 is 10.0 Å². The van der Waals surface area contributed by atoms with E-state index in [0.29, 0.717) is 11.3 Å². The zero-order chi connectivity index (χ0) is 19.2. The lowest BCUT2D eigenvalue weighted by Gasteiger charge is -2.09. The number of hydrogen-bond donors (Lipinski definition) is 2. The number of sulfonamides is 1. The molecule has 2 rings (SSSR count). The van der Waals surface area contributed by atoms with Crippen molar-refractivity contribution in [2.45, 2.75) is 18.2 Å². The smallest absolute Gasteiger partial charge is 0.248 e. The van der Waals surface area contributed by atoms with Gasteiger partial charge in [0.1, 0.15) is 10.6 Å². The molecule has 0 saturated heterocycles. The molecular weight excluding hydrogens is 352 g/mol. The highest BCUT2D eigenvalue weighted by Gasteiger charge is 2.17. The molecule has 0 bridgehead atoms. The van der Waals surface area contributed by atoms with Gasteiger partial charge in [0, 0.05) is 11.8 Å². The van der Waals surface area contributed by atoms with Crippen LogP contribution in [0.1, 0.15) is 18.1 Å². The SMILES string of the molecule is CCc1cccc(NC(=O)/C=C/c2ccc(OC)c(S(=O)(=O)NC)c2)c1. The van der Waals surface area contributed by atoms with E-state index in [1.807, 2.05) is 31.2 Å². The van der Waals surface area contributed by atoms with Crippen LogP contribution in [0.15, 0.2) is 53.4 Å². The Bertz CT molecular complexity index is 921. The van der Waals surface area contributed by atoms with Gasteiger partial charge in [-0.2, -0.15) is 0 Å². The number of rotatable bonds is 7. The maximum Gasteiger partial charge on any atom is 0.248 e. The number of aryl methyl sites for hydroxylation is 1. The molecule has 0 fully saturated rings. The highest BCUT2D eigenvalue weighted by atomic mass is 32.2. The van der Waals surface area contributed by atoms with Crippen molar-refractivity contribution in [2.24, 2.45) is 0 Å². The van der Waals surface area contributed by atoms with E-state index in [1.165, 1.54) is 26.3 Å². The molecule has 7 heteroatoms. The first-order chi connectivity index (χ1) is 12.4. The van der Waals surface area contributed by atoms with Crippen LogP contribution >= 0.6 is 0 Å². The lowest BCUT2D eigenvalue weighted by molar-refractivity contribution is -0.111. The van der Waals surface area contributed by atoms with Crippen LogP contribution in [-0.2, 0) is 21.2 Å². The molecular formula is C19H22N2O4S. The third kappa shape index (κ3) is 4.93. The number of anilines is 1. The molecule has 0 aromatic heterocycles. The molecule has 138 valence electrons. The minimum atomic E-state index is -3.67. The zero-order valence-electron chi connectivity index (χ0n) is 14.9. The molecule has 2 aromatic carbocycles. The molecule has 1 amide bonds. The second-order valence-corrected chi connectivity index (χ2v) is 7.35. The fourth-order valence-corrected chi connectivity index (χ4v) is 3.27. The van der Waals surface area contributed by atoms with Gasteiger partial charge in [0.25, 0.3) is 0 Å². The zero-order valence-corrected chi connectivity index (χ0v) is 15.8. The Labute approximate surface area is 153 Å². The molecule has 0 saturated carbocycles. The standard InChI is InChI=1S/C19H22N2O4S/c1-4-14-6-5-7-16(12-14)21-19(22)11-9-15-8-10-17(25-3)18(13-15)26(23,24)20-2/h5-13,20H,4H2,1-3H3,(H,21,22)/b11-9+. The maximum atomic E-state index is 12.1. The van der Waals surface area contributed by atoms with E-state index in [-0.39, 0.29) is 16.6 Å². The van der Waals surface area contributed by atoms with E-state index in [0.717, 1.165) is 12.0 Å². The summed E-state index contributed by atoms with van der Waals surface area (Å²) < 4.78 is 31.5. The van der Waals surface area contributed by atoms with Crippen molar-refractivity contribution in [3.8, 4) is 5.75 Å². The van der Waals surface area contributed by atoms with Crippen LogP contribution in [-0.4, -0.2) is 28.5 Å². The highest BCUT2D eigenvalue weighted by molar-refractivity contribution is 7.89. The monoisotopic (exact) mass is 374 g/mol. The van der Waals surface area contributed by atoms with Crippen molar-refractivity contribution in [1.82, 2.24) is 4.72 Å². The van der Waals surface area contributed by atoms with Crippen molar-refractivity contribution in [1.29, 1.82) is 0 Å². The predicted octanol–water partition coefficient (Wildman–Crippen LogP) is 2.82. The van der Waals surface area contributed by atoms with Crippen LogP contribution in [0.25, 0.3) is 6.08 Å². The Morgan fingerprint density at radius 2 is 1.96 bits per heavy atom. The minimum absolute atomic E-state index is 0.0145. The number of carbonyl (C=O) groups is 1. The quantitative estimate of drug-likeness (QED) is 0.730. The Balaban J connectivity index is 2.19. The first-order valence-corrected chi connectivity index (χ1v) is 9.57. The molecule has 2 aromatic rings. The summed E-state index contributed by atoms with van der Waals surface area (Å²) in [6, 6.07) is 12.3.